The Morgan fingerprint density at radius 3 is 2.62 bits per heavy atom. The first-order valence-corrected chi connectivity index (χ1v) is 4.90. The quantitative estimate of drug-likeness (QED) is 0.734. The lowest BCUT2D eigenvalue weighted by Crippen LogP contribution is -2.05. The zero-order valence-electron chi connectivity index (χ0n) is 8.62. The molecule has 1 fully saturated rings. The molecule has 0 radical (unpaired) electrons. The number of nitrogens with two attached hydrogens (primary N) is 1. The van der Waals surface area contributed by atoms with E-state index in [1.807, 2.05) is 0 Å². The van der Waals surface area contributed by atoms with Crippen LogP contribution in [0, 0.1) is 11.3 Å². The van der Waals surface area contributed by atoms with Crippen molar-refractivity contribution in [3.8, 4) is 0 Å². The van der Waals surface area contributed by atoms with Gasteiger partial charge in [0.1, 0.15) is 0 Å². The molecule has 1 saturated carbocycles. The Balaban J connectivity index is 2.26. The molecule has 2 nitrogen and oxygen atoms in total. The van der Waals surface area contributed by atoms with Gasteiger partial charge in [-0.25, -0.2) is 0 Å². The molecule has 0 bridgehead atoms. The van der Waals surface area contributed by atoms with Crippen molar-refractivity contribution in [1.29, 1.82) is 0 Å². The highest BCUT2D eigenvalue weighted by molar-refractivity contribution is 5.27. The highest BCUT2D eigenvalue weighted by atomic mass is 15.0. The molecule has 0 spiro atoms. The summed E-state index contributed by atoms with van der Waals surface area (Å²) in [6.45, 7) is 5.42. The van der Waals surface area contributed by atoms with Crippen LogP contribution < -0.4 is 5.73 Å². The third-order valence-corrected chi connectivity index (χ3v) is 3.61. The lowest BCUT2D eigenvalue weighted by atomic mass is 10.1. The molecule has 1 aromatic rings. The number of nitrogens with zero attached hydrogens (tertiary/aromatic N) is 1. The summed E-state index contributed by atoms with van der Waals surface area (Å²) in [6, 6.07) is 4.32. The van der Waals surface area contributed by atoms with Gasteiger partial charge in [-0.3, -0.25) is 0 Å². The summed E-state index contributed by atoms with van der Waals surface area (Å²) in [5, 5.41) is 0. The fourth-order valence-electron chi connectivity index (χ4n) is 2.57. The number of aromatic nitrogens is 1. The zero-order valence-corrected chi connectivity index (χ0v) is 8.62. The Morgan fingerprint density at radius 2 is 2.23 bits per heavy atom. The molecule has 72 valence electrons. The van der Waals surface area contributed by atoms with Crippen LogP contribution in [0.5, 0.6) is 0 Å². The van der Waals surface area contributed by atoms with Gasteiger partial charge in [-0.1, -0.05) is 13.8 Å². The summed E-state index contributed by atoms with van der Waals surface area (Å²) in [5.41, 5.74) is 7.58. The Morgan fingerprint density at radius 1 is 1.54 bits per heavy atom. The lowest BCUT2D eigenvalue weighted by Gasteiger charge is -2.04. The third-order valence-electron chi connectivity index (χ3n) is 3.61. The largest absolute Gasteiger partial charge is 0.354 e. The SMILES string of the molecule is Cn1cccc1C1C(CN)C1(C)C. The zero-order chi connectivity index (χ0) is 9.64. The summed E-state index contributed by atoms with van der Waals surface area (Å²) in [5.74, 6) is 1.33. The van der Waals surface area contributed by atoms with Gasteiger partial charge in [-0.05, 0) is 30.0 Å². The van der Waals surface area contributed by atoms with Crippen molar-refractivity contribution in [3.63, 3.8) is 0 Å². The van der Waals surface area contributed by atoms with E-state index >= 15 is 0 Å². The predicted molar refractivity (Wildman–Crippen MR) is 54.5 cm³/mol. The molecule has 2 rings (SSSR count). The summed E-state index contributed by atoms with van der Waals surface area (Å²) in [4.78, 5) is 0. The van der Waals surface area contributed by atoms with Crippen LogP contribution in [-0.4, -0.2) is 11.1 Å². The highest BCUT2D eigenvalue weighted by Gasteiger charge is 2.58. The maximum atomic E-state index is 5.75. The van der Waals surface area contributed by atoms with Crippen LogP contribution in [0.4, 0.5) is 0 Å². The topological polar surface area (TPSA) is 30.9 Å². The molecule has 13 heavy (non-hydrogen) atoms. The van der Waals surface area contributed by atoms with Crippen molar-refractivity contribution in [2.45, 2.75) is 19.8 Å². The minimum Gasteiger partial charge on any atom is -0.354 e. The molecule has 2 atom stereocenters. The summed E-state index contributed by atoms with van der Waals surface area (Å²) in [7, 11) is 2.11. The van der Waals surface area contributed by atoms with Gasteiger partial charge in [-0.2, -0.15) is 0 Å². The molecule has 2 N–H and O–H groups in total. The molecule has 2 heteroatoms. The molecule has 1 aromatic heterocycles. The molecule has 0 aromatic carbocycles. The average molecular weight is 178 g/mol. The van der Waals surface area contributed by atoms with E-state index in [0.29, 0.717) is 17.3 Å². The molecule has 0 saturated heterocycles. The number of aryl methyl sites for hydroxylation is 1. The first-order chi connectivity index (χ1) is 6.09. The monoisotopic (exact) mass is 178 g/mol. The third kappa shape index (κ3) is 1.12. The molecule has 2 unspecified atom stereocenters. The summed E-state index contributed by atoms with van der Waals surface area (Å²) >= 11 is 0. The minimum atomic E-state index is 0.404. The number of hydrogen-bond donors (Lipinski definition) is 1. The van der Waals surface area contributed by atoms with Crippen molar-refractivity contribution in [1.82, 2.24) is 4.57 Å². The van der Waals surface area contributed by atoms with Crippen LogP contribution in [0.2, 0.25) is 0 Å². The van der Waals surface area contributed by atoms with Crippen LogP contribution in [0.25, 0.3) is 0 Å². The van der Waals surface area contributed by atoms with Gasteiger partial charge in [-0.15, -0.1) is 0 Å². The van der Waals surface area contributed by atoms with Crippen LogP contribution in [0.15, 0.2) is 18.3 Å². The van der Waals surface area contributed by atoms with E-state index in [0.717, 1.165) is 6.54 Å². The highest BCUT2D eigenvalue weighted by Crippen LogP contribution is 2.63. The maximum Gasteiger partial charge on any atom is 0.0211 e. The van der Waals surface area contributed by atoms with Crippen molar-refractivity contribution in [2.75, 3.05) is 6.54 Å². The van der Waals surface area contributed by atoms with Gasteiger partial charge < -0.3 is 10.3 Å². The average Bonchev–Trinajstić information content (AvgIpc) is 2.41. The van der Waals surface area contributed by atoms with Gasteiger partial charge in [0.25, 0.3) is 0 Å². The molecular weight excluding hydrogens is 160 g/mol. The van der Waals surface area contributed by atoms with Gasteiger partial charge >= 0.3 is 0 Å². The Labute approximate surface area is 79.7 Å². The van der Waals surface area contributed by atoms with Gasteiger partial charge in [0.15, 0.2) is 0 Å². The fourth-order valence-corrected chi connectivity index (χ4v) is 2.57. The van der Waals surface area contributed by atoms with Crippen molar-refractivity contribution < 1.29 is 0 Å². The van der Waals surface area contributed by atoms with Gasteiger partial charge in [0.05, 0.1) is 0 Å². The van der Waals surface area contributed by atoms with Crippen LogP contribution in [0.3, 0.4) is 0 Å². The van der Waals surface area contributed by atoms with E-state index in [9.17, 15) is 0 Å². The van der Waals surface area contributed by atoms with E-state index in [4.69, 9.17) is 5.73 Å². The molecule has 0 amide bonds. The van der Waals surface area contributed by atoms with Gasteiger partial charge in [0, 0.05) is 24.9 Å². The van der Waals surface area contributed by atoms with Gasteiger partial charge in [0.2, 0.25) is 0 Å². The molecular formula is C11H18N2. The van der Waals surface area contributed by atoms with Crippen LogP contribution >= 0.6 is 0 Å². The summed E-state index contributed by atoms with van der Waals surface area (Å²) in [6.07, 6.45) is 2.11. The van der Waals surface area contributed by atoms with Crippen molar-refractivity contribution >= 4 is 0 Å². The Hall–Kier alpha value is -0.760. The predicted octanol–water partition coefficient (Wildman–Crippen LogP) is 1.72. The standard InChI is InChI=1S/C11H18N2/c1-11(2)8(7-12)10(11)9-5-4-6-13(9)3/h4-6,8,10H,7,12H2,1-3H3. The first-order valence-electron chi connectivity index (χ1n) is 4.90. The second-order valence-corrected chi connectivity index (χ2v) is 4.69. The Kier molecular flexibility index (Phi) is 1.77. The minimum absolute atomic E-state index is 0.404. The van der Waals surface area contributed by atoms with E-state index in [1.54, 1.807) is 0 Å². The second-order valence-electron chi connectivity index (χ2n) is 4.69. The van der Waals surface area contributed by atoms with Crippen LogP contribution in [-0.2, 0) is 7.05 Å². The van der Waals surface area contributed by atoms with Crippen molar-refractivity contribution in [3.05, 3.63) is 24.0 Å². The fraction of sp³-hybridized carbons (Fsp3) is 0.636. The number of rotatable bonds is 2. The van der Waals surface area contributed by atoms with E-state index in [-0.39, 0.29) is 0 Å². The summed E-state index contributed by atoms with van der Waals surface area (Å²) < 4.78 is 2.21. The second kappa shape index (κ2) is 2.61. The first kappa shape index (κ1) is 8.82. The van der Waals surface area contributed by atoms with E-state index in [1.165, 1.54) is 5.69 Å². The molecule has 1 heterocycles. The van der Waals surface area contributed by atoms with E-state index < -0.39 is 0 Å². The normalized spacial score (nSPS) is 30.5. The van der Waals surface area contributed by atoms with Crippen LogP contribution in [0.1, 0.15) is 25.5 Å². The smallest absolute Gasteiger partial charge is 0.0211 e. The molecule has 1 aliphatic carbocycles. The maximum absolute atomic E-state index is 5.75. The lowest BCUT2D eigenvalue weighted by molar-refractivity contribution is 0.555. The van der Waals surface area contributed by atoms with Crippen molar-refractivity contribution in [2.24, 2.45) is 24.1 Å². The number of hydrogen-bond acceptors (Lipinski definition) is 1. The van der Waals surface area contributed by atoms with E-state index in [2.05, 4.69) is 43.8 Å². The Bertz CT molecular complexity index is 312. The molecule has 0 aliphatic heterocycles. The molecule has 1 aliphatic rings.